The number of thioether (sulfide) groups is 1. The van der Waals surface area contributed by atoms with Crippen LogP contribution in [0.5, 0.6) is 0 Å². The Hall–Kier alpha value is -1.12. The molecule has 3 heterocycles. The fourth-order valence-corrected chi connectivity index (χ4v) is 5.47. The van der Waals surface area contributed by atoms with E-state index < -0.39 is 0 Å². The molecule has 2 aliphatic heterocycles. The van der Waals surface area contributed by atoms with Crippen molar-refractivity contribution in [2.45, 2.75) is 55.8 Å². The summed E-state index contributed by atoms with van der Waals surface area (Å²) in [6.07, 6.45) is 7.88. The van der Waals surface area contributed by atoms with Crippen LogP contribution in [0.1, 0.15) is 55.9 Å². The quantitative estimate of drug-likeness (QED) is 0.650. The van der Waals surface area contributed by atoms with Crippen LogP contribution in [0.15, 0.2) is 9.72 Å². The van der Waals surface area contributed by atoms with Crippen LogP contribution < -0.4 is 5.32 Å². The third-order valence-electron chi connectivity index (χ3n) is 6.00. The Bertz CT molecular complexity index is 658. The van der Waals surface area contributed by atoms with Crippen LogP contribution in [0, 0.1) is 5.92 Å². The second-order valence-corrected chi connectivity index (χ2v) is 9.62. The second kappa shape index (κ2) is 10.6. The van der Waals surface area contributed by atoms with Crippen molar-refractivity contribution in [2.75, 3.05) is 39.0 Å². The maximum Gasteiger partial charge on any atom is 0.273 e. The average molecular weight is 425 g/mol. The molecule has 28 heavy (non-hydrogen) atoms. The van der Waals surface area contributed by atoms with E-state index in [0.29, 0.717) is 24.1 Å². The lowest BCUT2D eigenvalue weighted by molar-refractivity contribution is -0.121. The molecule has 8 heteroatoms. The largest absolute Gasteiger partial charge is 0.355 e. The molecule has 0 saturated carbocycles. The lowest BCUT2D eigenvalue weighted by atomic mass is 9.92. The molecule has 3 rings (SSSR count). The molecule has 1 atom stereocenters. The lowest BCUT2D eigenvalue weighted by Crippen LogP contribution is -2.40. The molecule has 2 amide bonds. The van der Waals surface area contributed by atoms with Crippen molar-refractivity contribution in [3.63, 3.8) is 0 Å². The molecule has 156 valence electrons. The molecule has 1 aromatic rings. The van der Waals surface area contributed by atoms with Gasteiger partial charge in [0.05, 0.1) is 0 Å². The van der Waals surface area contributed by atoms with Gasteiger partial charge in [0.25, 0.3) is 5.91 Å². The van der Waals surface area contributed by atoms with E-state index in [1.54, 1.807) is 11.8 Å². The lowest BCUT2D eigenvalue weighted by Gasteiger charge is -2.31. The molecule has 6 nitrogen and oxygen atoms in total. The Morgan fingerprint density at radius 1 is 1.29 bits per heavy atom. The zero-order valence-corrected chi connectivity index (χ0v) is 18.6. The number of thiazole rings is 1. The van der Waals surface area contributed by atoms with Crippen LogP contribution in [0.2, 0.25) is 0 Å². The van der Waals surface area contributed by atoms with Crippen molar-refractivity contribution in [1.29, 1.82) is 0 Å². The first-order valence-electron chi connectivity index (χ1n) is 10.4. The van der Waals surface area contributed by atoms with Gasteiger partial charge in [0.1, 0.15) is 10.0 Å². The van der Waals surface area contributed by atoms with E-state index in [0.717, 1.165) is 56.3 Å². The predicted molar refractivity (Wildman–Crippen MR) is 115 cm³/mol. The number of carbonyl (C=O) groups is 2. The van der Waals surface area contributed by atoms with Crippen LogP contribution in [0.4, 0.5) is 0 Å². The Labute approximate surface area is 176 Å². The molecule has 0 aromatic carbocycles. The summed E-state index contributed by atoms with van der Waals surface area (Å²) >= 11 is 3.10. The summed E-state index contributed by atoms with van der Waals surface area (Å²) in [5.41, 5.74) is 0.570. The summed E-state index contributed by atoms with van der Waals surface area (Å²) in [6.45, 7) is 6.74. The minimum absolute atomic E-state index is 0.0461. The molecular weight excluding hydrogens is 392 g/mol. The number of carbonyl (C=O) groups excluding carboxylic acids is 2. The van der Waals surface area contributed by atoms with E-state index in [-0.39, 0.29) is 11.8 Å². The third-order valence-corrected chi connectivity index (χ3v) is 7.86. The van der Waals surface area contributed by atoms with E-state index in [2.05, 4.69) is 22.1 Å². The first-order valence-corrected chi connectivity index (χ1v) is 12.5. The van der Waals surface area contributed by atoms with Gasteiger partial charge < -0.3 is 10.2 Å². The molecule has 2 aliphatic rings. The maximum absolute atomic E-state index is 12.6. The topological polar surface area (TPSA) is 65.5 Å². The normalized spacial score (nSPS) is 21.2. The number of amides is 2. The first-order chi connectivity index (χ1) is 13.6. The Morgan fingerprint density at radius 3 is 2.75 bits per heavy atom. The monoisotopic (exact) mass is 424 g/mol. The molecule has 0 aliphatic carbocycles. The van der Waals surface area contributed by atoms with Crippen molar-refractivity contribution < 1.29 is 9.59 Å². The molecule has 2 saturated heterocycles. The maximum atomic E-state index is 12.6. The molecule has 0 spiro atoms. The van der Waals surface area contributed by atoms with Crippen LogP contribution >= 0.6 is 23.1 Å². The smallest absolute Gasteiger partial charge is 0.273 e. The van der Waals surface area contributed by atoms with Gasteiger partial charge in [0.2, 0.25) is 5.91 Å². The van der Waals surface area contributed by atoms with Gasteiger partial charge in [-0.2, -0.15) is 0 Å². The number of aromatic nitrogens is 1. The van der Waals surface area contributed by atoms with E-state index in [1.165, 1.54) is 24.2 Å². The SMILES string of the molecule is CCN1CCC[C@H]1CNC(=O)CCC1CCN(C(=O)c2csc(SC)n2)CC1. The molecule has 1 N–H and O–H groups in total. The van der Waals surface area contributed by atoms with Crippen molar-refractivity contribution in [3.05, 3.63) is 11.1 Å². The van der Waals surface area contributed by atoms with Crippen molar-refractivity contribution in [1.82, 2.24) is 20.1 Å². The van der Waals surface area contributed by atoms with Crippen LogP contribution in [-0.4, -0.2) is 71.6 Å². The first kappa shape index (κ1) is 21.6. The summed E-state index contributed by atoms with van der Waals surface area (Å²) < 4.78 is 0.934. The standard InChI is InChI=1S/C20H32N4O2S2/c1-3-23-10-4-5-16(23)13-21-18(25)7-6-15-8-11-24(12-9-15)19(26)17-14-28-20(22-17)27-2/h14-16H,3-13H2,1-2H3,(H,21,25)/t16-/m0/s1. The van der Waals surface area contributed by atoms with Crippen molar-refractivity contribution >= 4 is 34.9 Å². The number of nitrogens with one attached hydrogen (secondary N) is 1. The number of hydrogen-bond acceptors (Lipinski definition) is 6. The summed E-state index contributed by atoms with van der Waals surface area (Å²) in [6, 6.07) is 0.514. The van der Waals surface area contributed by atoms with Crippen molar-refractivity contribution in [3.8, 4) is 0 Å². The number of likely N-dealkylation sites (N-methyl/N-ethyl adjacent to an activating group) is 1. The number of rotatable bonds is 8. The number of piperidine rings is 1. The van der Waals surface area contributed by atoms with Crippen molar-refractivity contribution in [2.24, 2.45) is 5.92 Å². The zero-order valence-electron chi connectivity index (χ0n) is 17.0. The number of likely N-dealkylation sites (tertiary alicyclic amines) is 2. The van der Waals surface area contributed by atoms with Gasteiger partial charge in [-0.3, -0.25) is 14.5 Å². The van der Waals surface area contributed by atoms with Gasteiger partial charge >= 0.3 is 0 Å². The zero-order chi connectivity index (χ0) is 19.9. The highest BCUT2D eigenvalue weighted by Gasteiger charge is 2.26. The van der Waals surface area contributed by atoms with Gasteiger partial charge in [-0.15, -0.1) is 11.3 Å². The van der Waals surface area contributed by atoms with E-state index in [9.17, 15) is 9.59 Å². The fraction of sp³-hybridized carbons (Fsp3) is 0.750. The molecule has 0 bridgehead atoms. The summed E-state index contributed by atoms with van der Waals surface area (Å²) in [5, 5.41) is 4.99. The van der Waals surface area contributed by atoms with Crippen LogP contribution in [-0.2, 0) is 4.79 Å². The van der Waals surface area contributed by atoms with Gasteiger partial charge in [-0.05, 0) is 57.4 Å². The highest BCUT2D eigenvalue weighted by Crippen LogP contribution is 2.25. The predicted octanol–water partition coefficient (Wildman–Crippen LogP) is 3.10. The summed E-state index contributed by atoms with van der Waals surface area (Å²) in [5.74, 6) is 0.754. The second-order valence-electron chi connectivity index (χ2n) is 7.71. The average Bonchev–Trinajstić information content (AvgIpc) is 3.39. The summed E-state index contributed by atoms with van der Waals surface area (Å²) in [7, 11) is 0. The van der Waals surface area contributed by atoms with E-state index >= 15 is 0 Å². The molecule has 0 unspecified atom stereocenters. The van der Waals surface area contributed by atoms with Crippen LogP contribution in [0.3, 0.4) is 0 Å². The molecule has 2 fully saturated rings. The highest BCUT2D eigenvalue weighted by molar-refractivity contribution is 8.00. The third kappa shape index (κ3) is 5.70. The van der Waals surface area contributed by atoms with Gasteiger partial charge in [-0.25, -0.2) is 4.98 Å². The van der Waals surface area contributed by atoms with Crippen LogP contribution in [0.25, 0.3) is 0 Å². The van der Waals surface area contributed by atoms with E-state index in [4.69, 9.17) is 0 Å². The fourth-order valence-electron chi connectivity index (χ4n) is 4.23. The molecule has 1 aromatic heterocycles. The summed E-state index contributed by atoms with van der Waals surface area (Å²) in [4.78, 5) is 33.5. The van der Waals surface area contributed by atoms with Gasteiger partial charge in [0, 0.05) is 37.5 Å². The van der Waals surface area contributed by atoms with Gasteiger partial charge in [-0.1, -0.05) is 18.7 Å². The van der Waals surface area contributed by atoms with Gasteiger partial charge in [0.15, 0.2) is 0 Å². The molecular formula is C20H32N4O2S2. The molecule has 0 radical (unpaired) electrons. The highest BCUT2D eigenvalue weighted by atomic mass is 32.2. The minimum atomic E-state index is 0.0461. The minimum Gasteiger partial charge on any atom is -0.355 e. The number of hydrogen-bond donors (Lipinski definition) is 1. The Balaban J connectivity index is 1.34. The number of nitrogens with zero attached hydrogens (tertiary/aromatic N) is 3. The Kier molecular flexibility index (Phi) is 8.17. The van der Waals surface area contributed by atoms with E-state index in [1.807, 2.05) is 16.5 Å². The Morgan fingerprint density at radius 2 is 2.07 bits per heavy atom.